The third-order valence-corrected chi connectivity index (χ3v) is 6.19. The van der Waals surface area contributed by atoms with Crippen molar-refractivity contribution in [3.05, 3.63) is 114 Å². The number of halogens is 1. The SMILES string of the molecule is Brc1ccc2oc3cc(N(c4ccccc4)c4cccc5ccccc45)ccc3c2c1. The second-order valence-electron chi connectivity index (χ2n) is 7.59. The molecule has 0 saturated heterocycles. The highest BCUT2D eigenvalue weighted by atomic mass is 79.9. The maximum atomic E-state index is 6.21. The Hall–Kier alpha value is -3.56. The zero-order valence-electron chi connectivity index (χ0n) is 16.6. The van der Waals surface area contributed by atoms with Gasteiger partial charge in [0.15, 0.2) is 0 Å². The maximum Gasteiger partial charge on any atom is 0.137 e. The molecule has 31 heavy (non-hydrogen) atoms. The van der Waals surface area contributed by atoms with Gasteiger partial charge in [-0.15, -0.1) is 0 Å². The van der Waals surface area contributed by atoms with Gasteiger partial charge in [0.05, 0.1) is 5.69 Å². The number of benzene rings is 5. The lowest BCUT2D eigenvalue weighted by Gasteiger charge is -2.26. The molecule has 0 fully saturated rings. The van der Waals surface area contributed by atoms with E-state index in [1.807, 2.05) is 18.2 Å². The molecule has 5 aromatic carbocycles. The summed E-state index contributed by atoms with van der Waals surface area (Å²) < 4.78 is 7.26. The van der Waals surface area contributed by atoms with Gasteiger partial charge in [0.2, 0.25) is 0 Å². The summed E-state index contributed by atoms with van der Waals surface area (Å²) in [6.45, 7) is 0. The molecule has 0 atom stereocenters. The molecule has 0 bridgehead atoms. The third-order valence-electron chi connectivity index (χ3n) is 5.70. The molecule has 6 aromatic rings. The van der Waals surface area contributed by atoms with Crippen molar-refractivity contribution in [2.24, 2.45) is 0 Å². The highest BCUT2D eigenvalue weighted by Crippen LogP contribution is 2.41. The van der Waals surface area contributed by atoms with E-state index in [0.717, 1.165) is 43.5 Å². The van der Waals surface area contributed by atoms with Crippen LogP contribution in [0.2, 0.25) is 0 Å². The minimum absolute atomic E-state index is 0.881. The van der Waals surface area contributed by atoms with Crippen LogP contribution in [0.4, 0.5) is 17.1 Å². The smallest absolute Gasteiger partial charge is 0.137 e. The Morgan fingerprint density at radius 3 is 2.26 bits per heavy atom. The quantitative estimate of drug-likeness (QED) is 0.260. The predicted octanol–water partition coefficient (Wildman–Crippen LogP) is 8.97. The monoisotopic (exact) mass is 463 g/mol. The van der Waals surface area contributed by atoms with E-state index in [-0.39, 0.29) is 0 Å². The summed E-state index contributed by atoms with van der Waals surface area (Å²) in [7, 11) is 0. The lowest BCUT2D eigenvalue weighted by molar-refractivity contribution is 0.669. The summed E-state index contributed by atoms with van der Waals surface area (Å²) in [6.07, 6.45) is 0. The molecular weight excluding hydrogens is 446 g/mol. The van der Waals surface area contributed by atoms with Crippen molar-refractivity contribution < 1.29 is 4.42 Å². The summed E-state index contributed by atoms with van der Waals surface area (Å²) in [5.74, 6) is 0. The first-order chi connectivity index (χ1) is 15.3. The topological polar surface area (TPSA) is 16.4 Å². The second-order valence-corrected chi connectivity index (χ2v) is 8.51. The maximum absolute atomic E-state index is 6.21. The fraction of sp³-hybridized carbons (Fsp3) is 0. The van der Waals surface area contributed by atoms with Crippen LogP contribution in [0.3, 0.4) is 0 Å². The number of hydrogen-bond donors (Lipinski definition) is 0. The molecule has 0 radical (unpaired) electrons. The highest BCUT2D eigenvalue weighted by Gasteiger charge is 2.17. The van der Waals surface area contributed by atoms with Crippen LogP contribution in [0.15, 0.2) is 118 Å². The fourth-order valence-corrected chi connectivity index (χ4v) is 4.65. The van der Waals surface area contributed by atoms with Crippen molar-refractivity contribution in [1.82, 2.24) is 0 Å². The molecule has 0 N–H and O–H groups in total. The molecule has 0 aliphatic carbocycles. The van der Waals surface area contributed by atoms with Gasteiger partial charge in [0.25, 0.3) is 0 Å². The Kier molecular flexibility index (Phi) is 4.29. The van der Waals surface area contributed by atoms with Gasteiger partial charge in [-0.2, -0.15) is 0 Å². The molecule has 0 aliphatic heterocycles. The number of fused-ring (bicyclic) bond motifs is 4. The molecule has 3 heteroatoms. The van der Waals surface area contributed by atoms with Crippen molar-refractivity contribution >= 4 is 65.7 Å². The van der Waals surface area contributed by atoms with Crippen molar-refractivity contribution in [2.45, 2.75) is 0 Å². The van der Waals surface area contributed by atoms with Crippen molar-refractivity contribution in [2.75, 3.05) is 4.90 Å². The number of anilines is 3. The highest BCUT2D eigenvalue weighted by molar-refractivity contribution is 9.10. The van der Waals surface area contributed by atoms with Gasteiger partial charge in [-0.3, -0.25) is 0 Å². The van der Waals surface area contributed by atoms with Crippen LogP contribution in [0, 0.1) is 0 Å². The molecule has 0 unspecified atom stereocenters. The molecular formula is C28H18BrNO. The van der Waals surface area contributed by atoms with Gasteiger partial charge in [-0.25, -0.2) is 0 Å². The van der Waals surface area contributed by atoms with Crippen LogP contribution in [-0.4, -0.2) is 0 Å². The predicted molar refractivity (Wildman–Crippen MR) is 134 cm³/mol. The number of furan rings is 1. The Bertz CT molecular complexity index is 1550. The Labute approximate surface area is 188 Å². The lowest BCUT2D eigenvalue weighted by atomic mass is 10.1. The van der Waals surface area contributed by atoms with E-state index < -0.39 is 0 Å². The van der Waals surface area contributed by atoms with Crippen molar-refractivity contribution in [3.63, 3.8) is 0 Å². The van der Waals surface area contributed by atoms with Gasteiger partial charge in [-0.05, 0) is 53.9 Å². The largest absolute Gasteiger partial charge is 0.456 e. The first-order valence-electron chi connectivity index (χ1n) is 10.2. The second kappa shape index (κ2) is 7.29. The molecule has 0 amide bonds. The van der Waals surface area contributed by atoms with Gasteiger partial charge < -0.3 is 9.32 Å². The summed E-state index contributed by atoms with van der Waals surface area (Å²) in [5.41, 5.74) is 5.09. The van der Waals surface area contributed by atoms with Crippen LogP contribution in [-0.2, 0) is 0 Å². The van der Waals surface area contributed by atoms with Crippen LogP contribution < -0.4 is 4.90 Å². The van der Waals surface area contributed by atoms with Crippen LogP contribution in [0.5, 0.6) is 0 Å². The van der Waals surface area contributed by atoms with E-state index in [1.165, 1.54) is 10.8 Å². The van der Waals surface area contributed by atoms with E-state index in [2.05, 4.69) is 112 Å². The van der Waals surface area contributed by atoms with Gasteiger partial charge in [-0.1, -0.05) is 70.5 Å². The van der Waals surface area contributed by atoms with Gasteiger partial charge >= 0.3 is 0 Å². The van der Waals surface area contributed by atoms with Crippen LogP contribution in [0.25, 0.3) is 32.7 Å². The molecule has 0 spiro atoms. The van der Waals surface area contributed by atoms with E-state index in [1.54, 1.807) is 0 Å². The van der Waals surface area contributed by atoms with E-state index in [0.29, 0.717) is 0 Å². The number of nitrogens with zero attached hydrogens (tertiary/aromatic N) is 1. The molecule has 1 aromatic heterocycles. The minimum Gasteiger partial charge on any atom is -0.456 e. The van der Waals surface area contributed by atoms with Gasteiger partial charge in [0.1, 0.15) is 11.2 Å². The summed E-state index contributed by atoms with van der Waals surface area (Å²) >= 11 is 3.57. The molecule has 2 nitrogen and oxygen atoms in total. The van der Waals surface area contributed by atoms with Crippen molar-refractivity contribution in [1.29, 1.82) is 0 Å². The molecule has 0 aliphatic rings. The average molecular weight is 464 g/mol. The standard InChI is InChI=1S/C28H18BrNO/c29-20-13-16-27-25(17-20)24-15-14-22(18-28(24)31-27)30(21-9-2-1-3-10-21)26-12-6-8-19-7-4-5-11-23(19)26/h1-18H. The molecule has 0 saturated carbocycles. The Morgan fingerprint density at radius 2 is 1.35 bits per heavy atom. The van der Waals surface area contributed by atoms with Crippen LogP contribution >= 0.6 is 15.9 Å². The third kappa shape index (κ3) is 3.09. The zero-order valence-corrected chi connectivity index (χ0v) is 18.2. The van der Waals surface area contributed by atoms with E-state index in [9.17, 15) is 0 Å². The normalized spacial score (nSPS) is 11.4. The zero-order chi connectivity index (χ0) is 20.8. The molecule has 148 valence electrons. The first-order valence-corrected chi connectivity index (χ1v) is 11.0. The minimum atomic E-state index is 0.881. The molecule has 6 rings (SSSR count). The van der Waals surface area contributed by atoms with E-state index in [4.69, 9.17) is 4.42 Å². The Balaban J connectivity index is 1.61. The number of rotatable bonds is 3. The number of para-hydroxylation sites is 1. The lowest BCUT2D eigenvalue weighted by Crippen LogP contribution is -2.10. The summed E-state index contributed by atoms with van der Waals surface area (Å²) in [6, 6.07) is 38.0. The molecule has 1 heterocycles. The van der Waals surface area contributed by atoms with Crippen molar-refractivity contribution in [3.8, 4) is 0 Å². The van der Waals surface area contributed by atoms with Gasteiger partial charge in [0, 0.05) is 38.1 Å². The summed E-state index contributed by atoms with van der Waals surface area (Å²) in [4.78, 5) is 2.30. The first kappa shape index (κ1) is 18.2. The Morgan fingerprint density at radius 1 is 0.548 bits per heavy atom. The number of hydrogen-bond acceptors (Lipinski definition) is 2. The van der Waals surface area contributed by atoms with Crippen LogP contribution in [0.1, 0.15) is 0 Å². The van der Waals surface area contributed by atoms with E-state index >= 15 is 0 Å². The fourth-order valence-electron chi connectivity index (χ4n) is 4.28. The summed E-state index contributed by atoms with van der Waals surface area (Å²) in [5, 5.41) is 4.66. The average Bonchev–Trinajstić information content (AvgIpc) is 3.17.